The summed E-state index contributed by atoms with van der Waals surface area (Å²) in [7, 11) is 1.64. The molecule has 176 valence electrons. The molecule has 0 unspecified atom stereocenters. The zero-order valence-corrected chi connectivity index (χ0v) is 20.7. The molecule has 5 heteroatoms. The number of thiazole rings is 1. The molecule has 3 aromatic carbocycles. The first-order valence-corrected chi connectivity index (χ1v) is 12.7. The van der Waals surface area contributed by atoms with E-state index in [1.165, 1.54) is 5.56 Å². The summed E-state index contributed by atoms with van der Waals surface area (Å²) in [5.74, 6) is 1.48. The normalized spacial score (nSPS) is 12.7. The van der Waals surface area contributed by atoms with Crippen LogP contribution >= 0.6 is 11.3 Å². The molecular formula is C30H27NO3S. The molecule has 35 heavy (non-hydrogen) atoms. The standard InChI is InChI=1S/C30H27NO3S/c1-20-29(31-19-35-20)28-25-16-15-24(34-17-7-6-10-21-8-4-3-5-9-21)18-26(25)30(32)27(28)22-11-13-23(33-2)14-12-22/h3-5,8-9,11-16,18-19H,6-7,10,17H2,1-2H3. The van der Waals surface area contributed by atoms with E-state index in [0.717, 1.165) is 58.0 Å². The van der Waals surface area contributed by atoms with Crippen LogP contribution in [0.3, 0.4) is 0 Å². The highest BCUT2D eigenvalue weighted by Gasteiger charge is 2.33. The molecule has 0 amide bonds. The molecule has 0 bridgehead atoms. The molecule has 1 aliphatic rings. The van der Waals surface area contributed by atoms with Gasteiger partial charge in [0, 0.05) is 21.6 Å². The van der Waals surface area contributed by atoms with E-state index in [-0.39, 0.29) is 5.78 Å². The molecule has 0 saturated carbocycles. The lowest BCUT2D eigenvalue weighted by Gasteiger charge is -2.09. The summed E-state index contributed by atoms with van der Waals surface area (Å²) >= 11 is 1.59. The third-order valence-electron chi connectivity index (χ3n) is 6.31. The maximum atomic E-state index is 13.7. The summed E-state index contributed by atoms with van der Waals surface area (Å²) < 4.78 is 11.3. The van der Waals surface area contributed by atoms with Crippen molar-refractivity contribution in [3.05, 3.63) is 111 Å². The smallest absolute Gasteiger partial charge is 0.195 e. The second-order valence-corrected chi connectivity index (χ2v) is 9.62. The van der Waals surface area contributed by atoms with Crippen LogP contribution in [-0.2, 0) is 6.42 Å². The lowest BCUT2D eigenvalue weighted by molar-refractivity contribution is 0.105. The number of aromatic nitrogens is 1. The number of ether oxygens (including phenoxy) is 2. The van der Waals surface area contributed by atoms with E-state index in [0.29, 0.717) is 17.7 Å². The number of carbonyl (C=O) groups excluding carboxylic acids is 1. The molecule has 0 atom stereocenters. The van der Waals surface area contributed by atoms with Crippen molar-refractivity contribution in [1.82, 2.24) is 4.98 Å². The van der Waals surface area contributed by atoms with Gasteiger partial charge >= 0.3 is 0 Å². The molecule has 5 rings (SSSR count). The minimum absolute atomic E-state index is 0.00194. The number of hydrogen-bond acceptors (Lipinski definition) is 5. The number of unbranched alkanes of at least 4 members (excludes halogenated alkanes) is 1. The van der Waals surface area contributed by atoms with Crippen LogP contribution in [-0.4, -0.2) is 24.5 Å². The van der Waals surface area contributed by atoms with E-state index < -0.39 is 0 Å². The van der Waals surface area contributed by atoms with Gasteiger partial charge in [0.15, 0.2) is 5.78 Å². The molecule has 0 N–H and O–H groups in total. The van der Waals surface area contributed by atoms with Crippen molar-refractivity contribution in [2.24, 2.45) is 0 Å². The Morgan fingerprint density at radius 3 is 2.34 bits per heavy atom. The van der Waals surface area contributed by atoms with E-state index in [1.807, 2.05) is 61.0 Å². The highest BCUT2D eigenvalue weighted by atomic mass is 32.1. The van der Waals surface area contributed by atoms with E-state index in [2.05, 4.69) is 29.2 Å². The highest BCUT2D eigenvalue weighted by Crippen LogP contribution is 2.44. The number of nitrogens with zero attached hydrogens (tertiary/aromatic N) is 1. The average Bonchev–Trinajstić information content (AvgIpc) is 3.44. The summed E-state index contributed by atoms with van der Waals surface area (Å²) in [5.41, 5.74) is 8.04. The maximum absolute atomic E-state index is 13.7. The minimum Gasteiger partial charge on any atom is -0.497 e. The lowest BCUT2D eigenvalue weighted by Crippen LogP contribution is -2.01. The number of ketones is 1. The number of carbonyl (C=O) groups is 1. The van der Waals surface area contributed by atoms with Gasteiger partial charge in [-0.25, -0.2) is 4.98 Å². The van der Waals surface area contributed by atoms with Gasteiger partial charge in [0.05, 0.1) is 24.9 Å². The van der Waals surface area contributed by atoms with E-state index in [1.54, 1.807) is 18.4 Å². The van der Waals surface area contributed by atoms with Crippen LogP contribution in [0.15, 0.2) is 78.3 Å². The van der Waals surface area contributed by atoms with Crippen LogP contribution in [0.25, 0.3) is 11.1 Å². The fourth-order valence-electron chi connectivity index (χ4n) is 4.49. The number of hydrogen-bond donors (Lipinski definition) is 0. The van der Waals surface area contributed by atoms with Gasteiger partial charge in [0.1, 0.15) is 11.5 Å². The first-order chi connectivity index (χ1) is 17.2. The Kier molecular flexibility index (Phi) is 6.77. The predicted molar refractivity (Wildman–Crippen MR) is 141 cm³/mol. The van der Waals surface area contributed by atoms with Crippen molar-refractivity contribution >= 4 is 28.3 Å². The van der Waals surface area contributed by atoms with Crippen LogP contribution in [0, 0.1) is 6.92 Å². The summed E-state index contributed by atoms with van der Waals surface area (Å²) in [5, 5.41) is 0. The van der Waals surface area contributed by atoms with Gasteiger partial charge in [-0.2, -0.15) is 0 Å². The number of rotatable bonds is 9. The second-order valence-electron chi connectivity index (χ2n) is 8.56. The van der Waals surface area contributed by atoms with Crippen LogP contribution in [0.4, 0.5) is 0 Å². The summed E-state index contributed by atoms with van der Waals surface area (Å²) in [4.78, 5) is 19.4. The maximum Gasteiger partial charge on any atom is 0.195 e. The van der Waals surface area contributed by atoms with E-state index in [9.17, 15) is 4.79 Å². The molecule has 0 spiro atoms. The Labute approximate surface area is 209 Å². The number of Topliss-reactive ketones (excluding diaryl/α,β-unsaturated/α-hetero) is 1. The Hall–Kier alpha value is -3.70. The third kappa shape index (κ3) is 4.77. The molecule has 4 nitrogen and oxygen atoms in total. The largest absolute Gasteiger partial charge is 0.497 e. The Morgan fingerprint density at radius 1 is 0.857 bits per heavy atom. The van der Waals surface area contributed by atoms with Gasteiger partial charge in [0.25, 0.3) is 0 Å². The van der Waals surface area contributed by atoms with Crippen molar-refractivity contribution in [1.29, 1.82) is 0 Å². The molecule has 0 radical (unpaired) electrons. The van der Waals surface area contributed by atoms with Crippen molar-refractivity contribution in [2.75, 3.05) is 13.7 Å². The topological polar surface area (TPSA) is 48.4 Å². The summed E-state index contributed by atoms with van der Waals surface area (Å²) in [6.07, 6.45) is 3.06. The monoisotopic (exact) mass is 481 g/mol. The van der Waals surface area contributed by atoms with Crippen molar-refractivity contribution < 1.29 is 14.3 Å². The van der Waals surface area contributed by atoms with E-state index in [4.69, 9.17) is 9.47 Å². The van der Waals surface area contributed by atoms with Gasteiger partial charge < -0.3 is 9.47 Å². The quantitative estimate of drug-likeness (QED) is 0.241. The van der Waals surface area contributed by atoms with E-state index >= 15 is 0 Å². The van der Waals surface area contributed by atoms with Gasteiger partial charge in [-0.05, 0) is 73.2 Å². The van der Waals surface area contributed by atoms with Crippen molar-refractivity contribution in [3.8, 4) is 11.5 Å². The first-order valence-electron chi connectivity index (χ1n) is 11.8. The molecule has 0 fully saturated rings. The number of benzene rings is 3. The molecule has 1 aliphatic carbocycles. The summed E-state index contributed by atoms with van der Waals surface area (Å²) in [6.45, 7) is 2.66. The Morgan fingerprint density at radius 2 is 1.63 bits per heavy atom. The van der Waals surface area contributed by atoms with Crippen molar-refractivity contribution in [3.63, 3.8) is 0 Å². The van der Waals surface area contributed by atoms with Gasteiger partial charge in [0.2, 0.25) is 0 Å². The van der Waals surface area contributed by atoms with Gasteiger partial charge in [-0.15, -0.1) is 11.3 Å². The predicted octanol–water partition coefficient (Wildman–Crippen LogP) is 7.02. The van der Waals surface area contributed by atoms with Crippen LogP contribution in [0.1, 0.15) is 50.5 Å². The SMILES string of the molecule is COc1ccc(C2=C(c3ncsc3C)c3ccc(OCCCCc4ccccc4)cc3C2=O)cc1. The number of fused-ring (bicyclic) bond motifs is 1. The zero-order chi connectivity index (χ0) is 24.2. The summed E-state index contributed by atoms with van der Waals surface area (Å²) in [6, 6.07) is 24.0. The first kappa shape index (κ1) is 23.1. The molecule has 1 heterocycles. The molecule has 0 saturated heterocycles. The number of allylic oxidation sites excluding steroid dienone is 1. The second kappa shape index (κ2) is 10.3. The van der Waals surface area contributed by atoms with Crippen LogP contribution < -0.4 is 9.47 Å². The fraction of sp³-hybridized carbons (Fsp3) is 0.200. The minimum atomic E-state index is 0.00194. The Balaban J connectivity index is 1.37. The van der Waals surface area contributed by atoms with Gasteiger partial charge in [-0.3, -0.25) is 4.79 Å². The molecule has 4 aromatic rings. The van der Waals surface area contributed by atoms with Crippen molar-refractivity contribution in [2.45, 2.75) is 26.2 Å². The molecule has 0 aliphatic heterocycles. The number of methoxy groups -OCH3 is 1. The zero-order valence-electron chi connectivity index (χ0n) is 19.9. The van der Waals surface area contributed by atoms with Gasteiger partial charge in [-0.1, -0.05) is 42.5 Å². The average molecular weight is 482 g/mol. The number of aryl methyl sites for hydroxylation is 2. The molecular weight excluding hydrogens is 454 g/mol. The third-order valence-corrected chi connectivity index (χ3v) is 7.07. The lowest BCUT2D eigenvalue weighted by atomic mass is 9.97. The fourth-order valence-corrected chi connectivity index (χ4v) is 5.07. The Bertz CT molecular complexity index is 1370. The molecule has 1 aromatic heterocycles. The van der Waals surface area contributed by atoms with Crippen LogP contribution in [0.5, 0.6) is 11.5 Å². The highest BCUT2D eigenvalue weighted by molar-refractivity contribution is 7.09. The van der Waals surface area contributed by atoms with Crippen LogP contribution in [0.2, 0.25) is 0 Å².